The highest BCUT2D eigenvalue weighted by molar-refractivity contribution is 5.91. The number of amides is 1. The van der Waals surface area contributed by atoms with Crippen LogP contribution in [0.1, 0.15) is 38.2 Å². The smallest absolute Gasteiger partial charge is 0.244 e. The molecule has 1 amide bonds. The van der Waals surface area contributed by atoms with Gasteiger partial charge in [0.15, 0.2) is 0 Å². The van der Waals surface area contributed by atoms with Crippen LogP contribution in [-0.2, 0) is 4.79 Å². The van der Waals surface area contributed by atoms with Crippen molar-refractivity contribution in [3.63, 3.8) is 0 Å². The highest BCUT2D eigenvalue weighted by atomic mass is 16.1. The summed E-state index contributed by atoms with van der Waals surface area (Å²) in [6.07, 6.45) is 11.7. The lowest BCUT2D eigenvalue weighted by atomic mass is 9.86. The number of nitrogens with zero attached hydrogens (tertiary/aromatic N) is 1. The van der Waals surface area contributed by atoms with Gasteiger partial charge in [0.25, 0.3) is 0 Å². The fourth-order valence-corrected chi connectivity index (χ4v) is 2.41. The molecule has 3 nitrogen and oxygen atoms in total. The van der Waals surface area contributed by atoms with Crippen molar-refractivity contribution in [3.8, 4) is 0 Å². The van der Waals surface area contributed by atoms with E-state index in [9.17, 15) is 4.79 Å². The van der Waals surface area contributed by atoms with E-state index in [2.05, 4.69) is 17.2 Å². The van der Waals surface area contributed by atoms with Gasteiger partial charge in [0.05, 0.1) is 0 Å². The number of carbonyl (C=O) groups is 1. The van der Waals surface area contributed by atoms with Crippen LogP contribution in [0.5, 0.6) is 0 Å². The van der Waals surface area contributed by atoms with Gasteiger partial charge in [0.2, 0.25) is 5.91 Å². The minimum absolute atomic E-state index is 0.00222. The van der Waals surface area contributed by atoms with Crippen LogP contribution in [0, 0.1) is 5.92 Å². The summed E-state index contributed by atoms with van der Waals surface area (Å²) in [5.41, 5.74) is 0.948. The Labute approximate surface area is 108 Å². The minimum Gasteiger partial charge on any atom is -0.350 e. The van der Waals surface area contributed by atoms with Gasteiger partial charge in [-0.15, -0.1) is 0 Å². The molecule has 18 heavy (non-hydrogen) atoms. The maximum Gasteiger partial charge on any atom is 0.244 e. The van der Waals surface area contributed by atoms with E-state index < -0.39 is 0 Å². The lowest BCUT2D eigenvalue weighted by Crippen LogP contribution is -2.40. The molecule has 2 rings (SSSR count). The Hall–Kier alpha value is -1.64. The van der Waals surface area contributed by atoms with Gasteiger partial charge >= 0.3 is 0 Å². The number of hydrogen-bond donors (Lipinski definition) is 1. The first-order chi connectivity index (χ1) is 8.75. The Morgan fingerprint density at radius 1 is 1.44 bits per heavy atom. The molecule has 1 N–H and O–H groups in total. The van der Waals surface area contributed by atoms with Gasteiger partial charge in [-0.3, -0.25) is 9.78 Å². The second-order valence-corrected chi connectivity index (χ2v) is 5.00. The molecule has 0 aromatic carbocycles. The first kappa shape index (κ1) is 12.8. The zero-order chi connectivity index (χ0) is 12.8. The Balaban J connectivity index is 1.86. The van der Waals surface area contributed by atoms with Gasteiger partial charge < -0.3 is 5.32 Å². The molecular formula is C15H20N2O. The van der Waals surface area contributed by atoms with E-state index in [1.54, 1.807) is 24.5 Å². The molecular weight excluding hydrogens is 224 g/mol. The molecule has 3 heteroatoms. The summed E-state index contributed by atoms with van der Waals surface area (Å²) in [6.45, 7) is 2.22. The molecule has 1 fully saturated rings. The van der Waals surface area contributed by atoms with Gasteiger partial charge in [-0.1, -0.05) is 25.8 Å². The molecule has 1 saturated carbocycles. The average Bonchev–Trinajstić information content (AvgIpc) is 2.40. The normalized spacial score (nSPS) is 24.1. The Kier molecular flexibility index (Phi) is 4.51. The third kappa shape index (κ3) is 3.69. The molecule has 0 spiro atoms. The zero-order valence-electron chi connectivity index (χ0n) is 10.8. The van der Waals surface area contributed by atoms with E-state index in [-0.39, 0.29) is 5.91 Å². The Morgan fingerprint density at radius 3 is 3.00 bits per heavy atom. The van der Waals surface area contributed by atoms with Gasteiger partial charge in [0.1, 0.15) is 0 Å². The minimum atomic E-state index is -0.00222. The number of aromatic nitrogens is 1. The van der Waals surface area contributed by atoms with Crippen LogP contribution >= 0.6 is 0 Å². The van der Waals surface area contributed by atoms with Crippen molar-refractivity contribution in [2.24, 2.45) is 5.92 Å². The summed E-state index contributed by atoms with van der Waals surface area (Å²) in [6, 6.07) is 4.13. The van der Waals surface area contributed by atoms with Crippen LogP contribution in [0.15, 0.2) is 30.6 Å². The molecule has 0 aliphatic heterocycles. The zero-order valence-corrected chi connectivity index (χ0v) is 10.8. The monoisotopic (exact) mass is 244 g/mol. The summed E-state index contributed by atoms with van der Waals surface area (Å²) in [5.74, 6) is 0.590. The number of hydrogen-bond acceptors (Lipinski definition) is 2. The standard InChI is InChI=1S/C15H20N2O/c1-12-5-2-3-7-14(12)17-15(18)9-8-13-6-4-10-16-11-13/h4,6,8-12,14H,2-3,5,7H2,1H3,(H,17,18)/b9-8+. The third-order valence-corrected chi connectivity index (χ3v) is 3.55. The summed E-state index contributed by atoms with van der Waals surface area (Å²) in [4.78, 5) is 15.8. The molecule has 2 atom stereocenters. The lowest BCUT2D eigenvalue weighted by Gasteiger charge is -2.29. The van der Waals surface area contributed by atoms with Crippen molar-refractivity contribution in [1.82, 2.24) is 10.3 Å². The Morgan fingerprint density at radius 2 is 2.28 bits per heavy atom. The summed E-state index contributed by atoms with van der Waals surface area (Å²) in [7, 11) is 0. The topological polar surface area (TPSA) is 42.0 Å². The summed E-state index contributed by atoms with van der Waals surface area (Å²) < 4.78 is 0. The summed E-state index contributed by atoms with van der Waals surface area (Å²) in [5, 5.41) is 3.09. The van der Waals surface area contributed by atoms with Gasteiger partial charge in [-0.25, -0.2) is 0 Å². The molecule has 2 unspecified atom stereocenters. The highest BCUT2D eigenvalue weighted by Crippen LogP contribution is 2.23. The van der Waals surface area contributed by atoms with E-state index in [4.69, 9.17) is 0 Å². The van der Waals surface area contributed by atoms with Crippen molar-refractivity contribution in [3.05, 3.63) is 36.2 Å². The number of carbonyl (C=O) groups excluding carboxylic acids is 1. The van der Waals surface area contributed by atoms with Crippen LogP contribution < -0.4 is 5.32 Å². The largest absolute Gasteiger partial charge is 0.350 e. The maximum absolute atomic E-state index is 11.8. The lowest BCUT2D eigenvalue weighted by molar-refractivity contribution is -0.117. The molecule has 1 aromatic rings. The molecule has 1 aromatic heterocycles. The second kappa shape index (κ2) is 6.34. The van der Waals surface area contributed by atoms with Crippen LogP contribution in [-0.4, -0.2) is 16.9 Å². The fraction of sp³-hybridized carbons (Fsp3) is 0.467. The van der Waals surface area contributed by atoms with Crippen molar-refractivity contribution in [2.75, 3.05) is 0 Å². The summed E-state index contributed by atoms with van der Waals surface area (Å²) >= 11 is 0. The number of nitrogens with one attached hydrogen (secondary N) is 1. The SMILES string of the molecule is CC1CCCCC1NC(=O)/C=C/c1cccnc1. The number of pyridine rings is 1. The predicted molar refractivity (Wildman–Crippen MR) is 72.8 cm³/mol. The molecule has 0 bridgehead atoms. The first-order valence-corrected chi connectivity index (χ1v) is 6.64. The quantitative estimate of drug-likeness (QED) is 0.831. The van der Waals surface area contributed by atoms with E-state index in [1.165, 1.54) is 19.3 Å². The maximum atomic E-state index is 11.8. The van der Waals surface area contributed by atoms with E-state index in [1.807, 2.05) is 12.1 Å². The highest BCUT2D eigenvalue weighted by Gasteiger charge is 2.21. The van der Waals surface area contributed by atoms with Crippen molar-refractivity contribution in [1.29, 1.82) is 0 Å². The second-order valence-electron chi connectivity index (χ2n) is 5.00. The Bertz CT molecular complexity index is 414. The molecule has 96 valence electrons. The van der Waals surface area contributed by atoms with Crippen LogP contribution in [0.4, 0.5) is 0 Å². The number of rotatable bonds is 3. The van der Waals surface area contributed by atoms with Crippen molar-refractivity contribution < 1.29 is 4.79 Å². The van der Waals surface area contributed by atoms with E-state index in [0.29, 0.717) is 12.0 Å². The average molecular weight is 244 g/mol. The third-order valence-electron chi connectivity index (χ3n) is 3.55. The van der Waals surface area contributed by atoms with Crippen molar-refractivity contribution >= 4 is 12.0 Å². The predicted octanol–water partition coefficient (Wildman–Crippen LogP) is 2.79. The molecule has 0 saturated heterocycles. The van der Waals surface area contributed by atoms with Crippen molar-refractivity contribution in [2.45, 2.75) is 38.6 Å². The van der Waals surface area contributed by atoms with Gasteiger partial charge in [-0.2, -0.15) is 0 Å². The van der Waals surface area contributed by atoms with Crippen LogP contribution in [0.2, 0.25) is 0 Å². The van der Waals surface area contributed by atoms with Crippen LogP contribution in [0.25, 0.3) is 6.08 Å². The molecule has 1 heterocycles. The van der Waals surface area contributed by atoms with E-state index >= 15 is 0 Å². The molecule has 1 aliphatic carbocycles. The van der Waals surface area contributed by atoms with Gasteiger partial charge in [0, 0.05) is 24.5 Å². The fourth-order valence-electron chi connectivity index (χ4n) is 2.41. The van der Waals surface area contributed by atoms with Gasteiger partial charge in [-0.05, 0) is 36.5 Å². The molecule has 1 aliphatic rings. The van der Waals surface area contributed by atoms with Crippen LogP contribution in [0.3, 0.4) is 0 Å². The molecule has 0 radical (unpaired) electrons. The van der Waals surface area contributed by atoms with E-state index in [0.717, 1.165) is 12.0 Å². The first-order valence-electron chi connectivity index (χ1n) is 6.64.